The number of nitrogens with zero attached hydrogens (tertiary/aromatic N) is 1. The third-order valence-corrected chi connectivity index (χ3v) is 3.23. The maximum atomic E-state index is 11.6. The van der Waals surface area contributed by atoms with Gasteiger partial charge in [0.1, 0.15) is 5.75 Å². The van der Waals surface area contributed by atoms with E-state index in [2.05, 4.69) is 15.8 Å². The van der Waals surface area contributed by atoms with Crippen molar-refractivity contribution in [2.45, 2.75) is 25.4 Å². The third-order valence-electron chi connectivity index (χ3n) is 3.23. The lowest BCUT2D eigenvalue weighted by Crippen LogP contribution is -2.34. The van der Waals surface area contributed by atoms with Crippen molar-refractivity contribution in [3.63, 3.8) is 0 Å². The minimum atomic E-state index is -0.0101. The van der Waals surface area contributed by atoms with Crippen LogP contribution in [0.2, 0.25) is 0 Å². The van der Waals surface area contributed by atoms with Gasteiger partial charge < -0.3 is 26.3 Å². The Morgan fingerprint density at radius 2 is 2.29 bits per heavy atom. The minimum Gasteiger partial charge on any atom is -0.496 e. The first-order valence-corrected chi connectivity index (χ1v) is 6.79. The van der Waals surface area contributed by atoms with Gasteiger partial charge in [-0.3, -0.25) is 4.79 Å². The molecule has 1 aliphatic rings. The van der Waals surface area contributed by atoms with Gasteiger partial charge in [0.15, 0.2) is 5.84 Å². The molecule has 21 heavy (non-hydrogen) atoms. The van der Waals surface area contributed by atoms with Crippen LogP contribution >= 0.6 is 0 Å². The molecule has 2 rings (SSSR count). The zero-order valence-electron chi connectivity index (χ0n) is 11.9. The summed E-state index contributed by atoms with van der Waals surface area (Å²) in [6.07, 6.45) is 2.14. The Labute approximate surface area is 123 Å². The van der Waals surface area contributed by atoms with Crippen LogP contribution in [0.4, 0.5) is 0 Å². The number of carbonyl (C=O) groups excluding carboxylic acids is 1. The molecule has 114 valence electrons. The topological polar surface area (TPSA) is 109 Å². The second-order valence-corrected chi connectivity index (χ2v) is 4.96. The number of methoxy groups -OCH3 is 1. The van der Waals surface area contributed by atoms with Crippen molar-refractivity contribution in [2.24, 2.45) is 10.9 Å². The minimum absolute atomic E-state index is 0.0101. The molecule has 0 bridgehead atoms. The van der Waals surface area contributed by atoms with E-state index >= 15 is 0 Å². The summed E-state index contributed by atoms with van der Waals surface area (Å²) in [6, 6.07) is 5.57. The Balaban J connectivity index is 1.94. The largest absolute Gasteiger partial charge is 0.496 e. The summed E-state index contributed by atoms with van der Waals surface area (Å²) in [5.41, 5.74) is 7.00. The number of nitrogens with two attached hydrogens (primary N) is 1. The number of amides is 1. The van der Waals surface area contributed by atoms with Gasteiger partial charge in [0.05, 0.1) is 13.7 Å². The molecule has 5 N–H and O–H groups in total. The molecule has 1 aromatic carbocycles. The lowest BCUT2D eigenvalue weighted by Gasteiger charge is -2.11. The van der Waals surface area contributed by atoms with Crippen LogP contribution in [0.25, 0.3) is 0 Å². The van der Waals surface area contributed by atoms with Gasteiger partial charge >= 0.3 is 0 Å². The van der Waals surface area contributed by atoms with Crippen LogP contribution < -0.4 is 21.1 Å². The average Bonchev–Trinajstić information content (AvgIpc) is 3.30. The summed E-state index contributed by atoms with van der Waals surface area (Å²) in [7, 11) is 1.57. The Hall–Kier alpha value is -2.28. The van der Waals surface area contributed by atoms with Crippen LogP contribution in [0.3, 0.4) is 0 Å². The fraction of sp³-hybridized carbons (Fsp3) is 0.429. The van der Waals surface area contributed by atoms with Crippen molar-refractivity contribution in [3.8, 4) is 5.75 Å². The van der Waals surface area contributed by atoms with Gasteiger partial charge in [-0.25, -0.2) is 0 Å². The molecule has 1 amide bonds. The highest BCUT2D eigenvalue weighted by Gasteiger charge is 2.22. The fourth-order valence-electron chi connectivity index (χ4n) is 1.95. The molecule has 0 aliphatic heterocycles. The number of carbonyl (C=O) groups is 1. The number of amidine groups is 1. The van der Waals surface area contributed by atoms with Gasteiger partial charge in [-0.2, -0.15) is 0 Å². The number of oxime groups is 1. The van der Waals surface area contributed by atoms with E-state index in [1.165, 1.54) is 0 Å². The van der Waals surface area contributed by atoms with Crippen LogP contribution in [0.1, 0.15) is 24.0 Å². The predicted molar refractivity (Wildman–Crippen MR) is 78.4 cm³/mol. The standard InChI is InChI=1S/C14H20N4O3/c1-21-12-5-2-9(14(15)18-20)6-10(12)7-16-8-13(19)17-11-3-4-11/h2,5-6,11,16,20H,3-4,7-8H2,1H3,(H2,15,18)(H,17,19). The normalized spacial score (nSPS) is 14.8. The first kappa shape index (κ1) is 15.1. The Morgan fingerprint density at radius 3 is 2.90 bits per heavy atom. The zero-order chi connectivity index (χ0) is 15.2. The number of ether oxygens (including phenoxy) is 1. The van der Waals surface area contributed by atoms with E-state index in [1.807, 2.05) is 0 Å². The van der Waals surface area contributed by atoms with E-state index < -0.39 is 0 Å². The maximum absolute atomic E-state index is 11.6. The van der Waals surface area contributed by atoms with Crippen LogP contribution in [-0.2, 0) is 11.3 Å². The van der Waals surface area contributed by atoms with Gasteiger partial charge in [0.25, 0.3) is 0 Å². The molecule has 1 aliphatic carbocycles. The molecule has 0 unspecified atom stereocenters. The van der Waals surface area contributed by atoms with E-state index in [0.717, 1.165) is 18.4 Å². The van der Waals surface area contributed by atoms with E-state index in [4.69, 9.17) is 15.7 Å². The molecule has 0 heterocycles. The van der Waals surface area contributed by atoms with Crippen molar-refractivity contribution in [3.05, 3.63) is 29.3 Å². The van der Waals surface area contributed by atoms with Crippen molar-refractivity contribution in [1.29, 1.82) is 0 Å². The van der Waals surface area contributed by atoms with E-state index in [1.54, 1.807) is 25.3 Å². The summed E-state index contributed by atoms with van der Waals surface area (Å²) in [5.74, 6) is 0.703. The first-order valence-electron chi connectivity index (χ1n) is 6.79. The summed E-state index contributed by atoms with van der Waals surface area (Å²) < 4.78 is 5.26. The van der Waals surface area contributed by atoms with Crippen LogP contribution in [0.15, 0.2) is 23.4 Å². The lowest BCUT2D eigenvalue weighted by molar-refractivity contribution is -0.120. The smallest absolute Gasteiger partial charge is 0.234 e. The summed E-state index contributed by atoms with van der Waals surface area (Å²) in [6.45, 7) is 0.696. The van der Waals surface area contributed by atoms with E-state index in [-0.39, 0.29) is 18.3 Å². The molecule has 1 aromatic rings. The molecule has 1 saturated carbocycles. The van der Waals surface area contributed by atoms with Gasteiger partial charge in [-0.15, -0.1) is 0 Å². The van der Waals surface area contributed by atoms with Gasteiger partial charge in [-0.05, 0) is 31.0 Å². The molecule has 7 heteroatoms. The number of rotatable bonds is 7. The molecular formula is C14H20N4O3. The van der Waals surface area contributed by atoms with Crippen LogP contribution in [-0.4, -0.2) is 36.6 Å². The van der Waals surface area contributed by atoms with E-state index in [9.17, 15) is 4.79 Å². The van der Waals surface area contributed by atoms with Crippen molar-refractivity contribution in [2.75, 3.05) is 13.7 Å². The molecule has 0 aromatic heterocycles. The highest BCUT2D eigenvalue weighted by Crippen LogP contribution is 2.20. The fourth-order valence-corrected chi connectivity index (χ4v) is 1.95. The molecule has 7 nitrogen and oxygen atoms in total. The number of nitrogens with one attached hydrogen (secondary N) is 2. The summed E-state index contributed by atoms with van der Waals surface area (Å²) in [5, 5.41) is 17.6. The van der Waals surface area contributed by atoms with Crippen LogP contribution in [0, 0.1) is 0 Å². The molecule has 1 fully saturated rings. The highest BCUT2D eigenvalue weighted by molar-refractivity contribution is 5.97. The average molecular weight is 292 g/mol. The molecular weight excluding hydrogens is 272 g/mol. The van der Waals surface area contributed by atoms with Gasteiger partial charge in [0, 0.05) is 23.7 Å². The second kappa shape index (κ2) is 6.94. The van der Waals surface area contributed by atoms with Gasteiger partial charge in [-0.1, -0.05) is 5.16 Å². The van der Waals surface area contributed by atoms with Crippen molar-refractivity contribution < 1.29 is 14.7 Å². The molecule has 0 saturated heterocycles. The molecule has 0 radical (unpaired) electrons. The number of benzene rings is 1. The van der Waals surface area contributed by atoms with Gasteiger partial charge in [0.2, 0.25) is 5.91 Å². The zero-order valence-corrected chi connectivity index (χ0v) is 11.9. The number of hydrogen-bond donors (Lipinski definition) is 4. The Morgan fingerprint density at radius 1 is 1.52 bits per heavy atom. The van der Waals surface area contributed by atoms with Crippen molar-refractivity contribution in [1.82, 2.24) is 10.6 Å². The SMILES string of the molecule is COc1ccc(/C(N)=N/O)cc1CNCC(=O)NC1CC1. The first-order chi connectivity index (χ1) is 10.1. The van der Waals surface area contributed by atoms with E-state index in [0.29, 0.717) is 23.9 Å². The maximum Gasteiger partial charge on any atom is 0.234 e. The molecule has 0 atom stereocenters. The quantitative estimate of drug-likeness (QED) is 0.248. The highest BCUT2D eigenvalue weighted by atomic mass is 16.5. The predicted octanol–water partition coefficient (Wildman–Crippen LogP) is 0.158. The summed E-state index contributed by atoms with van der Waals surface area (Å²) >= 11 is 0. The third kappa shape index (κ3) is 4.35. The lowest BCUT2D eigenvalue weighted by atomic mass is 10.1. The summed E-state index contributed by atoms with van der Waals surface area (Å²) in [4.78, 5) is 11.6. The number of hydrogen-bond acceptors (Lipinski definition) is 5. The Bertz CT molecular complexity index is 541. The van der Waals surface area contributed by atoms with Crippen LogP contribution in [0.5, 0.6) is 5.75 Å². The Kier molecular flexibility index (Phi) is 4.99. The van der Waals surface area contributed by atoms with Crippen molar-refractivity contribution >= 4 is 11.7 Å². The molecule has 0 spiro atoms. The second-order valence-electron chi connectivity index (χ2n) is 4.96. The monoisotopic (exact) mass is 292 g/mol.